The molecule has 0 atom stereocenters. The summed E-state index contributed by atoms with van der Waals surface area (Å²) in [5, 5.41) is 11.8. The smallest absolute Gasteiger partial charge is 0.162 e. The number of ether oxygens (including phenoxy) is 1. The number of phenolic OH excluding ortho intramolecular Hbond substituents is 1. The summed E-state index contributed by atoms with van der Waals surface area (Å²) in [6.07, 6.45) is 0. The molecule has 13 heavy (non-hydrogen) atoms. The van der Waals surface area contributed by atoms with Gasteiger partial charge in [0.2, 0.25) is 0 Å². The molecule has 0 aromatic heterocycles. The highest BCUT2D eigenvalue weighted by Crippen LogP contribution is 2.29. The number of aromatic hydroxyl groups is 1. The van der Waals surface area contributed by atoms with E-state index in [9.17, 15) is 5.11 Å². The van der Waals surface area contributed by atoms with E-state index < -0.39 is 0 Å². The lowest BCUT2D eigenvalue weighted by Gasteiger charge is -2.05. The predicted octanol–water partition coefficient (Wildman–Crippen LogP) is 2.00. The number of nitrogens with zero attached hydrogens (tertiary/aromatic N) is 1. The minimum Gasteiger partial charge on any atom is -0.504 e. The zero-order valence-electron chi connectivity index (χ0n) is 7.15. The third-order valence-electron chi connectivity index (χ3n) is 1.62. The molecule has 3 nitrogen and oxygen atoms in total. The summed E-state index contributed by atoms with van der Waals surface area (Å²) < 4.78 is 4.93. The third-order valence-corrected chi connectivity index (χ3v) is 1.75. The fraction of sp³-hybridized carbons (Fsp3) is 0.222. The Hall–Kier alpha value is -1.38. The van der Waals surface area contributed by atoms with Crippen LogP contribution in [0.4, 0.5) is 0 Å². The molecule has 0 aliphatic heterocycles. The molecule has 0 aliphatic carbocycles. The van der Waals surface area contributed by atoms with Gasteiger partial charge in [0.1, 0.15) is 0 Å². The maximum Gasteiger partial charge on any atom is 0.162 e. The molecule has 0 saturated carbocycles. The molecule has 68 valence electrons. The van der Waals surface area contributed by atoms with Crippen molar-refractivity contribution in [1.29, 1.82) is 0 Å². The van der Waals surface area contributed by atoms with E-state index >= 15 is 0 Å². The van der Waals surface area contributed by atoms with Crippen LogP contribution in [0, 0.1) is 0 Å². The van der Waals surface area contributed by atoms with Gasteiger partial charge in [0, 0.05) is 5.56 Å². The highest BCUT2D eigenvalue weighted by atomic mass is 32.1. The van der Waals surface area contributed by atoms with Gasteiger partial charge in [0.15, 0.2) is 11.5 Å². The van der Waals surface area contributed by atoms with Crippen LogP contribution in [0.2, 0.25) is 0 Å². The average Bonchev–Trinajstić information content (AvgIpc) is 2.16. The number of aliphatic imine (C=N–C) groups is 1. The Morgan fingerprint density at radius 2 is 2.38 bits per heavy atom. The van der Waals surface area contributed by atoms with Crippen LogP contribution in [0.15, 0.2) is 23.2 Å². The topological polar surface area (TPSA) is 41.8 Å². The molecule has 0 aliphatic rings. The summed E-state index contributed by atoms with van der Waals surface area (Å²) >= 11 is 4.43. The van der Waals surface area contributed by atoms with Crippen LogP contribution in [-0.4, -0.2) is 17.4 Å². The van der Waals surface area contributed by atoms with Gasteiger partial charge in [0.05, 0.1) is 18.8 Å². The van der Waals surface area contributed by atoms with Crippen LogP contribution in [-0.2, 0) is 6.54 Å². The Balaban J connectivity index is 3.00. The zero-order valence-corrected chi connectivity index (χ0v) is 7.97. The lowest BCUT2D eigenvalue weighted by Crippen LogP contribution is -1.87. The number of benzene rings is 1. The number of para-hydroxylation sites is 1. The number of thiocarbonyl (C=S) groups is 1. The minimum absolute atomic E-state index is 0.110. The second-order valence-electron chi connectivity index (χ2n) is 2.38. The number of rotatable bonds is 3. The quantitative estimate of drug-likeness (QED) is 0.592. The summed E-state index contributed by atoms with van der Waals surface area (Å²) in [6.45, 7) is 0.326. The summed E-state index contributed by atoms with van der Waals surface area (Å²) in [4.78, 5) is 3.73. The van der Waals surface area contributed by atoms with E-state index in [0.29, 0.717) is 17.9 Å². The van der Waals surface area contributed by atoms with Gasteiger partial charge in [-0.1, -0.05) is 12.1 Å². The Bertz CT molecular complexity index is 345. The van der Waals surface area contributed by atoms with Crippen molar-refractivity contribution in [3.8, 4) is 11.5 Å². The molecule has 0 unspecified atom stereocenters. The molecule has 0 fully saturated rings. The molecule has 0 radical (unpaired) electrons. The fourth-order valence-electron chi connectivity index (χ4n) is 0.978. The van der Waals surface area contributed by atoms with E-state index in [1.165, 1.54) is 7.11 Å². The van der Waals surface area contributed by atoms with Gasteiger partial charge in [-0.15, -0.1) is 0 Å². The van der Waals surface area contributed by atoms with Crippen molar-refractivity contribution in [3.63, 3.8) is 0 Å². The first kappa shape index (κ1) is 9.71. The average molecular weight is 195 g/mol. The molecule has 0 heterocycles. The van der Waals surface area contributed by atoms with Crippen LogP contribution < -0.4 is 4.74 Å². The Morgan fingerprint density at radius 1 is 1.62 bits per heavy atom. The van der Waals surface area contributed by atoms with E-state index in [1.54, 1.807) is 18.2 Å². The van der Waals surface area contributed by atoms with Gasteiger partial charge in [-0.25, -0.2) is 4.99 Å². The summed E-state index contributed by atoms with van der Waals surface area (Å²) in [6, 6.07) is 5.22. The maximum absolute atomic E-state index is 9.57. The van der Waals surface area contributed by atoms with Crippen molar-refractivity contribution in [2.45, 2.75) is 6.54 Å². The van der Waals surface area contributed by atoms with E-state index in [-0.39, 0.29) is 5.75 Å². The molecule has 4 heteroatoms. The van der Waals surface area contributed by atoms with Crippen LogP contribution in [0.1, 0.15) is 5.56 Å². The largest absolute Gasteiger partial charge is 0.504 e. The number of hydrogen-bond donors (Lipinski definition) is 1. The van der Waals surface area contributed by atoms with Crippen molar-refractivity contribution in [2.75, 3.05) is 7.11 Å². The molecule has 1 rings (SSSR count). The van der Waals surface area contributed by atoms with E-state index in [4.69, 9.17) is 4.74 Å². The molecule has 1 N–H and O–H groups in total. The second-order valence-corrected chi connectivity index (χ2v) is 2.56. The van der Waals surface area contributed by atoms with Crippen LogP contribution in [0.3, 0.4) is 0 Å². The first-order chi connectivity index (χ1) is 6.29. The number of hydrogen-bond acceptors (Lipinski definition) is 4. The number of phenols is 1. The minimum atomic E-state index is 0.110. The molecule has 0 bridgehead atoms. The third kappa shape index (κ3) is 2.28. The van der Waals surface area contributed by atoms with Crippen molar-refractivity contribution in [3.05, 3.63) is 23.8 Å². The molecule has 0 spiro atoms. The first-order valence-electron chi connectivity index (χ1n) is 3.68. The first-order valence-corrected chi connectivity index (χ1v) is 4.09. The van der Waals surface area contributed by atoms with Crippen LogP contribution in [0.5, 0.6) is 11.5 Å². The van der Waals surface area contributed by atoms with E-state index in [0.717, 1.165) is 0 Å². The predicted molar refractivity (Wildman–Crippen MR) is 53.4 cm³/mol. The Kier molecular flexibility index (Phi) is 3.43. The maximum atomic E-state index is 9.57. The molecule has 1 aromatic carbocycles. The van der Waals surface area contributed by atoms with E-state index in [1.807, 2.05) is 0 Å². The van der Waals surface area contributed by atoms with Crippen LogP contribution in [0.25, 0.3) is 0 Å². The van der Waals surface area contributed by atoms with Crippen molar-refractivity contribution in [2.24, 2.45) is 4.99 Å². The lowest BCUT2D eigenvalue weighted by molar-refractivity contribution is 0.371. The van der Waals surface area contributed by atoms with Crippen molar-refractivity contribution >= 4 is 17.4 Å². The molecular formula is C9H9NO2S. The second kappa shape index (κ2) is 4.60. The summed E-state index contributed by atoms with van der Waals surface area (Å²) in [5.74, 6) is 0.552. The van der Waals surface area contributed by atoms with Crippen molar-refractivity contribution < 1.29 is 9.84 Å². The van der Waals surface area contributed by atoms with Gasteiger partial charge in [-0.2, -0.15) is 0 Å². The summed E-state index contributed by atoms with van der Waals surface area (Å²) in [7, 11) is 1.50. The normalized spacial score (nSPS) is 9.00. The summed E-state index contributed by atoms with van der Waals surface area (Å²) in [5.41, 5.74) is 0.678. The van der Waals surface area contributed by atoms with E-state index in [2.05, 4.69) is 22.4 Å². The van der Waals surface area contributed by atoms with Gasteiger partial charge in [-0.3, -0.25) is 0 Å². The Morgan fingerprint density at radius 3 is 3.00 bits per heavy atom. The number of isothiocyanates is 1. The highest BCUT2D eigenvalue weighted by molar-refractivity contribution is 7.78. The molecule has 1 aromatic rings. The van der Waals surface area contributed by atoms with Gasteiger partial charge in [0.25, 0.3) is 0 Å². The molecular weight excluding hydrogens is 186 g/mol. The fourth-order valence-corrected chi connectivity index (χ4v) is 1.04. The highest BCUT2D eigenvalue weighted by Gasteiger charge is 2.05. The lowest BCUT2D eigenvalue weighted by atomic mass is 10.2. The Labute approximate surface area is 81.7 Å². The number of methoxy groups -OCH3 is 1. The monoisotopic (exact) mass is 195 g/mol. The van der Waals surface area contributed by atoms with Crippen molar-refractivity contribution in [1.82, 2.24) is 0 Å². The SMILES string of the molecule is COc1cccc(CN=C=S)c1O. The van der Waals surface area contributed by atoms with Gasteiger partial charge < -0.3 is 9.84 Å². The molecule has 0 amide bonds. The van der Waals surface area contributed by atoms with Crippen LogP contribution >= 0.6 is 12.2 Å². The molecule has 0 saturated heterocycles. The standard InChI is InChI=1S/C9H9NO2S/c1-12-8-4-2-3-7(9(8)11)5-10-6-13/h2-4,11H,5H2,1H3. The van der Waals surface area contributed by atoms with Gasteiger partial charge in [-0.05, 0) is 18.3 Å². The zero-order chi connectivity index (χ0) is 9.68. The van der Waals surface area contributed by atoms with Gasteiger partial charge >= 0.3 is 0 Å².